The lowest BCUT2D eigenvalue weighted by Crippen LogP contribution is -2.40. The van der Waals surface area contributed by atoms with Gasteiger partial charge in [0.2, 0.25) is 15.9 Å². The Kier molecular flexibility index (Phi) is 8.54. The average molecular weight is 479 g/mol. The number of carbonyl (C=O) groups excluding carboxylic acids is 1. The fourth-order valence-electron chi connectivity index (χ4n) is 3.51. The molecule has 0 aromatic heterocycles. The van der Waals surface area contributed by atoms with Crippen LogP contribution in [0.5, 0.6) is 17.2 Å². The van der Waals surface area contributed by atoms with E-state index in [0.717, 1.165) is 5.56 Å². The number of amides is 1. The number of ether oxygens (including phenoxy) is 4. The van der Waals surface area contributed by atoms with Crippen molar-refractivity contribution in [3.63, 3.8) is 0 Å². The van der Waals surface area contributed by atoms with Gasteiger partial charge in [0, 0.05) is 25.2 Å². The molecule has 1 aliphatic heterocycles. The number of carbonyl (C=O) groups is 1. The maximum Gasteiger partial charge on any atom is 0.246 e. The van der Waals surface area contributed by atoms with Crippen LogP contribution in [0.4, 0.5) is 5.69 Å². The number of hydrogen-bond donors (Lipinski definition) is 1. The van der Waals surface area contributed by atoms with E-state index in [-0.39, 0.29) is 36.1 Å². The summed E-state index contributed by atoms with van der Waals surface area (Å²) < 4.78 is 49.1. The van der Waals surface area contributed by atoms with Gasteiger partial charge in [0.15, 0.2) is 11.5 Å². The van der Waals surface area contributed by atoms with Gasteiger partial charge in [-0.2, -0.15) is 4.31 Å². The van der Waals surface area contributed by atoms with Crippen LogP contribution in [-0.4, -0.2) is 65.8 Å². The zero-order valence-corrected chi connectivity index (χ0v) is 19.9. The lowest BCUT2D eigenvalue weighted by atomic mass is 10.1. The van der Waals surface area contributed by atoms with Crippen molar-refractivity contribution in [2.24, 2.45) is 0 Å². The number of nitrogens with one attached hydrogen (secondary N) is 1. The van der Waals surface area contributed by atoms with Crippen LogP contribution >= 0.6 is 0 Å². The lowest BCUT2D eigenvalue weighted by Gasteiger charge is -2.27. The summed E-state index contributed by atoms with van der Waals surface area (Å²) in [5.74, 6) is 1.24. The summed E-state index contributed by atoms with van der Waals surface area (Å²) >= 11 is 0. The topological polar surface area (TPSA) is 103 Å². The second-order valence-electron chi connectivity index (χ2n) is 7.35. The maximum absolute atomic E-state index is 13.2. The van der Waals surface area contributed by atoms with Gasteiger partial charge in [-0.1, -0.05) is 6.07 Å². The molecule has 1 heterocycles. The molecule has 2 aromatic rings. The first-order valence-corrected chi connectivity index (χ1v) is 12.2. The molecule has 10 heteroatoms. The van der Waals surface area contributed by atoms with Crippen molar-refractivity contribution < 1.29 is 32.2 Å². The highest BCUT2D eigenvalue weighted by atomic mass is 32.2. The predicted octanol–water partition coefficient (Wildman–Crippen LogP) is 2.69. The Bertz CT molecular complexity index is 1070. The number of nitrogens with zero attached hydrogens (tertiary/aromatic N) is 1. The third-order valence-electron chi connectivity index (χ3n) is 5.20. The Labute approximate surface area is 194 Å². The van der Waals surface area contributed by atoms with E-state index < -0.39 is 10.0 Å². The molecule has 0 saturated carbocycles. The zero-order valence-electron chi connectivity index (χ0n) is 19.1. The van der Waals surface area contributed by atoms with Crippen LogP contribution in [0, 0.1) is 0 Å². The van der Waals surface area contributed by atoms with E-state index in [1.54, 1.807) is 39.3 Å². The summed E-state index contributed by atoms with van der Waals surface area (Å²) in [7, 11) is -0.668. The van der Waals surface area contributed by atoms with Gasteiger partial charge in [-0.3, -0.25) is 4.79 Å². The second-order valence-corrected chi connectivity index (χ2v) is 9.25. The maximum atomic E-state index is 13.2. The minimum atomic E-state index is -3.79. The number of methoxy groups -OCH3 is 2. The Morgan fingerprint density at radius 2 is 1.73 bits per heavy atom. The van der Waals surface area contributed by atoms with Crippen LogP contribution < -0.4 is 19.5 Å². The molecule has 3 rings (SSSR count). The molecule has 0 bridgehead atoms. The van der Waals surface area contributed by atoms with E-state index in [1.807, 2.05) is 12.1 Å². The molecule has 1 saturated heterocycles. The number of rotatable bonds is 10. The molecule has 1 N–H and O–H groups in total. The summed E-state index contributed by atoms with van der Waals surface area (Å²) in [6.07, 6.45) is 0.705. The summed E-state index contributed by atoms with van der Waals surface area (Å²) in [5.41, 5.74) is 1.31. The molecule has 1 aliphatic rings. The SMILES string of the molecule is CCOc1ccc(NC(=O)CCc2ccc(OC)c(OC)c2)cc1S(=O)(=O)N1CCOCC1. The van der Waals surface area contributed by atoms with E-state index in [2.05, 4.69) is 5.32 Å². The molecular formula is C23H30N2O7S. The summed E-state index contributed by atoms with van der Waals surface area (Å²) in [4.78, 5) is 12.6. The van der Waals surface area contributed by atoms with Gasteiger partial charge in [0.25, 0.3) is 0 Å². The zero-order chi connectivity index (χ0) is 23.8. The van der Waals surface area contributed by atoms with Crippen molar-refractivity contribution in [2.75, 3.05) is 52.4 Å². The molecule has 0 unspecified atom stereocenters. The minimum Gasteiger partial charge on any atom is -0.493 e. The second kappa shape index (κ2) is 11.4. The fraction of sp³-hybridized carbons (Fsp3) is 0.435. The Balaban J connectivity index is 1.73. The van der Waals surface area contributed by atoms with Gasteiger partial charge in [-0.15, -0.1) is 0 Å². The predicted molar refractivity (Wildman–Crippen MR) is 124 cm³/mol. The van der Waals surface area contributed by atoms with Gasteiger partial charge < -0.3 is 24.3 Å². The van der Waals surface area contributed by atoms with Gasteiger partial charge in [-0.05, 0) is 49.2 Å². The standard InChI is InChI=1S/C23H30N2O7S/c1-4-32-20-9-7-18(16-22(20)33(27,28)25-11-13-31-14-12-25)24-23(26)10-6-17-5-8-19(29-2)21(15-17)30-3/h5,7-9,15-16H,4,6,10-14H2,1-3H3,(H,24,26). The van der Waals surface area contributed by atoms with Crippen LogP contribution in [0.3, 0.4) is 0 Å². The third-order valence-corrected chi connectivity index (χ3v) is 7.12. The first-order chi connectivity index (χ1) is 15.9. The quantitative estimate of drug-likeness (QED) is 0.560. The molecular weight excluding hydrogens is 448 g/mol. The highest BCUT2D eigenvalue weighted by molar-refractivity contribution is 7.89. The van der Waals surface area contributed by atoms with Crippen LogP contribution in [0.15, 0.2) is 41.3 Å². The number of hydrogen-bond acceptors (Lipinski definition) is 7. The largest absolute Gasteiger partial charge is 0.493 e. The average Bonchev–Trinajstić information content (AvgIpc) is 2.84. The molecule has 0 spiro atoms. The van der Waals surface area contributed by atoms with E-state index >= 15 is 0 Å². The highest BCUT2D eigenvalue weighted by Crippen LogP contribution is 2.31. The minimum absolute atomic E-state index is 0.0314. The number of aryl methyl sites for hydroxylation is 1. The van der Waals surface area contributed by atoms with E-state index in [9.17, 15) is 13.2 Å². The molecule has 0 aliphatic carbocycles. The van der Waals surface area contributed by atoms with Crippen LogP contribution in [-0.2, 0) is 26.0 Å². The monoisotopic (exact) mass is 478 g/mol. The number of benzene rings is 2. The molecule has 9 nitrogen and oxygen atoms in total. The van der Waals surface area contributed by atoms with Crippen molar-refractivity contribution in [1.29, 1.82) is 0 Å². The molecule has 1 amide bonds. The molecule has 2 aromatic carbocycles. The molecule has 1 fully saturated rings. The van der Waals surface area contributed by atoms with Gasteiger partial charge in [0.1, 0.15) is 10.6 Å². The molecule has 0 radical (unpaired) electrons. The van der Waals surface area contributed by atoms with E-state index in [0.29, 0.717) is 43.4 Å². The molecule has 0 atom stereocenters. The van der Waals surface area contributed by atoms with Crippen LogP contribution in [0.1, 0.15) is 18.9 Å². The highest BCUT2D eigenvalue weighted by Gasteiger charge is 2.29. The smallest absolute Gasteiger partial charge is 0.246 e. The normalized spacial score (nSPS) is 14.5. The van der Waals surface area contributed by atoms with Gasteiger partial charge in [-0.25, -0.2) is 8.42 Å². The summed E-state index contributed by atoms with van der Waals surface area (Å²) in [6, 6.07) is 10.2. The van der Waals surface area contributed by atoms with Crippen molar-refractivity contribution in [3.8, 4) is 17.2 Å². The lowest BCUT2D eigenvalue weighted by molar-refractivity contribution is -0.116. The van der Waals surface area contributed by atoms with Crippen molar-refractivity contribution in [1.82, 2.24) is 4.31 Å². The first kappa shape index (κ1) is 24.8. The first-order valence-electron chi connectivity index (χ1n) is 10.7. The Morgan fingerprint density at radius 1 is 1.03 bits per heavy atom. The van der Waals surface area contributed by atoms with E-state index in [1.165, 1.54) is 10.4 Å². The van der Waals surface area contributed by atoms with Crippen molar-refractivity contribution in [2.45, 2.75) is 24.7 Å². The third kappa shape index (κ3) is 6.16. The summed E-state index contributed by atoms with van der Waals surface area (Å²) in [5, 5.41) is 2.79. The number of morpholine rings is 1. The van der Waals surface area contributed by atoms with Crippen LogP contribution in [0.2, 0.25) is 0 Å². The number of anilines is 1. The molecule has 33 heavy (non-hydrogen) atoms. The van der Waals surface area contributed by atoms with Gasteiger partial charge in [0.05, 0.1) is 34.0 Å². The van der Waals surface area contributed by atoms with Crippen LogP contribution in [0.25, 0.3) is 0 Å². The van der Waals surface area contributed by atoms with Gasteiger partial charge >= 0.3 is 0 Å². The fourth-order valence-corrected chi connectivity index (χ4v) is 5.07. The van der Waals surface area contributed by atoms with E-state index in [4.69, 9.17) is 18.9 Å². The Hall–Kier alpha value is -2.82. The summed E-state index contributed by atoms with van der Waals surface area (Å²) in [6.45, 7) is 3.34. The molecule has 180 valence electrons. The van der Waals surface area contributed by atoms with Crippen molar-refractivity contribution >= 4 is 21.6 Å². The van der Waals surface area contributed by atoms with Crippen molar-refractivity contribution in [3.05, 3.63) is 42.0 Å². The number of sulfonamides is 1. The Morgan fingerprint density at radius 3 is 2.39 bits per heavy atom.